The predicted molar refractivity (Wildman–Crippen MR) is 89.5 cm³/mol. The summed E-state index contributed by atoms with van der Waals surface area (Å²) in [6.07, 6.45) is 2.20. The SMILES string of the molecule is CCN(CC)C(CC)(CC)C(NC)c1ccccc1Cl. The normalized spacial score (nSPS) is 13.8. The molecule has 0 aliphatic rings. The molecule has 0 saturated heterocycles. The van der Waals surface area contributed by atoms with Gasteiger partial charge >= 0.3 is 0 Å². The second-order valence-corrected chi connectivity index (χ2v) is 5.63. The molecule has 1 unspecified atom stereocenters. The van der Waals surface area contributed by atoms with Crippen LogP contribution in [-0.4, -0.2) is 30.6 Å². The summed E-state index contributed by atoms with van der Waals surface area (Å²) in [5.41, 5.74) is 1.30. The number of nitrogens with zero attached hydrogens (tertiary/aromatic N) is 1. The molecular weight excluding hydrogens is 268 g/mol. The van der Waals surface area contributed by atoms with Crippen molar-refractivity contribution in [3.8, 4) is 0 Å². The third-order valence-corrected chi connectivity index (χ3v) is 5.00. The molecule has 0 amide bonds. The van der Waals surface area contributed by atoms with Crippen LogP contribution in [-0.2, 0) is 0 Å². The molecule has 1 aromatic rings. The molecule has 0 saturated carbocycles. The van der Waals surface area contributed by atoms with E-state index in [9.17, 15) is 0 Å². The van der Waals surface area contributed by atoms with Crippen LogP contribution >= 0.6 is 11.6 Å². The second kappa shape index (κ2) is 8.02. The van der Waals surface area contributed by atoms with E-state index in [2.05, 4.69) is 50.0 Å². The molecular formula is C17H29ClN2. The van der Waals surface area contributed by atoms with Crippen LogP contribution in [0.15, 0.2) is 24.3 Å². The van der Waals surface area contributed by atoms with Gasteiger partial charge in [0.1, 0.15) is 0 Å². The van der Waals surface area contributed by atoms with Crippen LogP contribution in [0.4, 0.5) is 0 Å². The Morgan fingerprint density at radius 1 is 1.10 bits per heavy atom. The highest BCUT2D eigenvalue weighted by molar-refractivity contribution is 6.31. The molecule has 2 nitrogen and oxygen atoms in total. The summed E-state index contributed by atoms with van der Waals surface area (Å²) in [6.45, 7) is 11.2. The van der Waals surface area contributed by atoms with E-state index in [1.165, 1.54) is 5.56 Å². The third kappa shape index (κ3) is 3.19. The largest absolute Gasteiger partial charge is 0.311 e. The second-order valence-electron chi connectivity index (χ2n) is 5.23. The summed E-state index contributed by atoms with van der Waals surface area (Å²) in [4.78, 5) is 2.57. The van der Waals surface area contributed by atoms with E-state index < -0.39 is 0 Å². The Morgan fingerprint density at radius 2 is 1.65 bits per heavy atom. The number of benzene rings is 1. The molecule has 0 bridgehead atoms. The lowest BCUT2D eigenvalue weighted by Crippen LogP contribution is -2.55. The van der Waals surface area contributed by atoms with Gasteiger partial charge in [-0.25, -0.2) is 0 Å². The lowest BCUT2D eigenvalue weighted by Gasteiger charge is -2.48. The van der Waals surface area contributed by atoms with Gasteiger partial charge in [-0.1, -0.05) is 57.5 Å². The van der Waals surface area contributed by atoms with E-state index in [-0.39, 0.29) is 11.6 Å². The lowest BCUT2D eigenvalue weighted by molar-refractivity contribution is 0.0515. The van der Waals surface area contributed by atoms with Gasteiger partial charge in [0.2, 0.25) is 0 Å². The average Bonchev–Trinajstić information content (AvgIpc) is 2.49. The fourth-order valence-electron chi connectivity index (χ4n) is 3.56. The highest BCUT2D eigenvalue weighted by Crippen LogP contribution is 2.39. The summed E-state index contributed by atoms with van der Waals surface area (Å²) in [5, 5.41) is 4.38. The Labute approximate surface area is 129 Å². The zero-order chi connectivity index (χ0) is 15.2. The van der Waals surface area contributed by atoms with Crippen molar-refractivity contribution in [1.29, 1.82) is 0 Å². The van der Waals surface area contributed by atoms with Gasteiger partial charge in [-0.3, -0.25) is 4.90 Å². The zero-order valence-corrected chi connectivity index (χ0v) is 14.3. The molecule has 0 aromatic heterocycles. The van der Waals surface area contributed by atoms with Crippen LogP contribution in [0.2, 0.25) is 5.02 Å². The van der Waals surface area contributed by atoms with E-state index in [1.54, 1.807) is 0 Å². The fourth-order valence-corrected chi connectivity index (χ4v) is 3.81. The zero-order valence-electron chi connectivity index (χ0n) is 13.5. The summed E-state index contributed by atoms with van der Waals surface area (Å²) in [6, 6.07) is 8.44. The molecule has 0 heterocycles. The van der Waals surface area contributed by atoms with Crippen molar-refractivity contribution in [2.45, 2.75) is 52.1 Å². The highest BCUT2D eigenvalue weighted by atomic mass is 35.5. The van der Waals surface area contributed by atoms with Crippen molar-refractivity contribution >= 4 is 11.6 Å². The average molecular weight is 297 g/mol. The maximum Gasteiger partial charge on any atom is 0.0519 e. The first-order valence-corrected chi connectivity index (χ1v) is 8.15. The Morgan fingerprint density at radius 3 is 2.05 bits per heavy atom. The smallest absolute Gasteiger partial charge is 0.0519 e. The Balaban J connectivity index is 3.32. The minimum Gasteiger partial charge on any atom is -0.311 e. The third-order valence-electron chi connectivity index (χ3n) is 4.66. The summed E-state index contributed by atoms with van der Waals surface area (Å²) in [5.74, 6) is 0. The van der Waals surface area contributed by atoms with Gasteiger partial charge in [-0.15, -0.1) is 0 Å². The van der Waals surface area contributed by atoms with E-state index in [0.29, 0.717) is 0 Å². The van der Waals surface area contributed by atoms with Gasteiger partial charge in [0.25, 0.3) is 0 Å². The van der Waals surface area contributed by atoms with Crippen molar-refractivity contribution in [3.63, 3.8) is 0 Å². The number of halogens is 1. The van der Waals surface area contributed by atoms with Crippen LogP contribution in [0.3, 0.4) is 0 Å². The fraction of sp³-hybridized carbons (Fsp3) is 0.647. The van der Waals surface area contributed by atoms with Crippen molar-refractivity contribution in [2.75, 3.05) is 20.1 Å². The van der Waals surface area contributed by atoms with Crippen LogP contribution in [0, 0.1) is 0 Å². The van der Waals surface area contributed by atoms with Crippen molar-refractivity contribution in [2.24, 2.45) is 0 Å². The molecule has 0 aliphatic carbocycles. The van der Waals surface area contributed by atoms with Gasteiger partial charge in [0.15, 0.2) is 0 Å². The van der Waals surface area contributed by atoms with Crippen molar-refractivity contribution in [3.05, 3.63) is 34.9 Å². The number of hydrogen-bond acceptors (Lipinski definition) is 2. The first-order chi connectivity index (χ1) is 9.61. The molecule has 1 atom stereocenters. The van der Waals surface area contributed by atoms with Crippen molar-refractivity contribution in [1.82, 2.24) is 10.2 Å². The van der Waals surface area contributed by atoms with Gasteiger partial charge in [-0.05, 0) is 44.6 Å². The molecule has 1 aromatic carbocycles. The van der Waals surface area contributed by atoms with Gasteiger partial charge < -0.3 is 5.32 Å². The Hall–Kier alpha value is -0.570. The lowest BCUT2D eigenvalue weighted by atomic mass is 9.79. The molecule has 3 heteroatoms. The Kier molecular flexibility index (Phi) is 7.01. The van der Waals surface area contributed by atoms with Crippen LogP contribution in [0.25, 0.3) is 0 Å². The number of likely N-dealkylation sites (N-methyl/N-ethyl adjacent to an activating group) is 2. The predicted octanol–water partition coefficient (Wildman–Crippen LogP) is 4.50. The quantitative estimate of drug-likeness (QED) is 0.760. The molecule has 0 fully saturated rings. The summed E-state index contributed by atoms with van der Waals surface area (Å²) >= 11 is 6.45. The first kappa shape index (κ1) is 17.5. The maximum atomic E-state index is 6.45. The van der Waals surface area contributed by atoms with Crippen LogP contribution in [0.1, 0.15) is 52.1 Å². The maximum absolute atomic E-state index is 6.45. The monoisotopic (exact) mass is 296 g/mol. The molecule has 20 heavy (non-hydrogen) atoms. The van der Waals surface area contributed by atoms with E-state index in [1.807, 2.05) is 19.2 Å². The molecule has 1 N–H and O–H groups in total. The molecule has 0 radical (unpaired) electrons. The van der Waals surface area contributed by atoms with Gasteiger partial charge in [-0.2, -0.15) is 0 Å². The summed E-state index contributed by atoms with van der Waals surface area (Å²) in [7, 11) is 2.04. The number of hydrogen-bond donors (Lipinski definition) is 1. The van der Waals surface area contributed by atoms with Crippen LogP contribution < -0.4 is 5.32 Å². The first-order valence-electron chi connectivity index (χ1n) is 7.77. The molecule has 1 rings (SSSR count). The van der Waals surface area contributed by atoms with Crippen molar-refractivity contribution < 1.29 is 0 Å². The highest BCUT2D eigenvalue weighted by Gasteiger charge is 2.40. The topological polar surface area (TPSA) is 15.3 Å². The Bertz CT molecular complexity index is 398. The number of rotatable bonds is 8. The standard InChI is InChI=1S/C17H29ClN2/c1-6-17(7-2,20(8-3)9-4)16(19-5)14-12-10-11-13-15(14)18/h10-13,16,19H,6-9H2,1-5H3. The minimum atomic E-state index is 0.100. The molecule has 0 aliphatic heterocycles. The van der Waals surface area contributed by atoms with E-state index in [0.717, 1.165) is 31.0 Å². The molecule has 0 spiro atoms. The van der Waals surface area contributed by atoms with E-state index in [4.69, 9.17) is 11.6 Å². The number of nitrogens with one attached hydrogen (secondary N) is 1. The summed E-state index contributed by atoms with van der Waals surface area (Å²) < 4.78 is 0. The van der Waals surface area contributed by atoms with Gasteiger partial charge in [0, 0.05) is 10.6 Å². The van der Waals surface area contributed by atoms with E-state index >= 15 is 0 Å². The van der Waals surface area contributed by atoms with Crippen LogP contribution in [0.5, 0.6) is 0 Å². The minimum absolute atomic E-state index is 0.100. The van der Waals surface area contributed by atoms with Gasteiger partial charge in [0.05, 0.1) is 6.04 Å². The molecule has 114 valence electrons.